The molecule has 34 heavy (non-hydrogen) atoms. The SMILES string of the molecule is Cc1c(OC2CC2)ccc([N+](=O)[O-])c1N1CCN2CC[C@@H](N3C(=O)c4ccccc4C3=O)[C@@H]2C1. The molecule has 2 saturated heterocycles. The maximum atomic E-state index is 13.1. The van der Waals surface area contributed by atoms with Gasteiger partial charge in [0.15, 0.2) is 0 Å². The number of imide groups is 1. The fourth-order valence-corrected chi connectivity index (χ4v) is 5.70. The predicted octanol–water partition coefficient (Wildman–Crippen LogP) is 3.00. The number of anilines is 1. The van der Waals surface area contributed by atoms with Gasteiger partial charge in [-0.2, -0.15) is 0 Å². The van der Waals surface area contributed by atoms with Gasteiger partial charge < -0.3 is 9.64 Å². The van der Waals surface area contributed by atoms with Gasteiger partial charge in [-0.05, 0) is 44.4 Å². The number of carbonyl (C=O) groups excluding carboxylic acids is 2. The minimum atomic E-state index is -0.341. The first-order chi connectivity index (χ1) is 16.4. The number of hydrogen-bond donors (Lipinski definition) is 0. The summed E-state index contributed by atoms with van der Waals surface area (Å²) >= 11 is 0. The maximum Gasteiger partial charge on any atom is 0.293 e. The number of ether oxygens (including phenoxy) is 1. The first kappa shape index (κ1) is 21.1. The molecule has 1 aliphatic carbocycles. The lowest BCUT2D eigenvalue weighted by Gasteiger charge is -2.42. The Kier molecular flexibility index (Phi) is 4.84. The van der Waals surface area contributed by atoms with Crippen LogP contribution in [-0.2, 0) is 0 Å². The number of fused-ring (bicyclic) bond motifs is 2. The minimum Gasteiger partial charge on any atom is -0.490 e. The van der Waals surface area contributed by atoms with Crippen LogP contribution in [0.15, 0.2) is 36.4 Å². The Morgan fingerprint density at radius 3 is 2.29 bits per heavy atom. The number of carbonyl (C=O) groups is 2. The largest absolute Gasteiger partial charge is 0.490 e. The van der Waals surface area contributed by atoms with Gasteiger partial charge in [-0.3, -0.25) is 29.5 Å². The van der Waals surface area contributed by atoms with Gasteiger partial charge in [-0.25, -0.2) is 0 Å². The molecule has 0 bridgehead atoms. The summed E-state index contributed by atoms with van der Waals surface area (Å²) in [7, 11) is 0. The van der Waals surface area contributed by atoms with Crippen molar-refractivity contribution in [3.05, 3.63) is 63.2 Å². The summed E-state index contributed by atoms with van der Waals surface area (Å²) in [5, 5.41) is 11.9. The molecule has 176 valence electrons. The van der Waals surface area contributed by atoms with E-state index in [4.69, 9.17) is 4.74 Å². The van der Waals surface area contributed by atoms with Crippen molar-refractivity contribution in [2.24, 2.45) is 0 Å². The van der Waals surface area contributed by atoms with Crippen molar-refractivity contribution in [2.45, 2.75) is 44.4 Å². The molecule has 0 unspecified atom stereocenters. The monoisotopic (exact) mass is 462 g/mol. The molecule has 2 atom stereocenters. The number of rotatable bonds is 5. The zero-order chi connectivity index (χ0) is 23.6. The minimum absolute atomic E-state index is 0.0596. The van der Waals surface area contributed by atoms with Crippen LogP contribution in [0, 0.1) is 17.0 Å². The first-order valence-corrected chi connectivity index (χ1v) is 11.8. The van der Waals surface area contributed by atoms with Gasteiger partial charge in [-0.15, -0.1) is 0 Å². The van der Waals surface area contributed by atoms with E-state index in [1.165, 1.54) is 11.0 Å². The number of nitrogens with zero attached hydrogens (tertiary/aromatic N) is 4. The topological polar surface area (TPSA) is 96.2 Å². The number of piperazine rings is 1. The summed E-state index contributed by atoms with van der Waals surface area (Å²) in [5.41, 5.74) is 2.31. The number of hydrogen-bond acceptors (Lipinski definition) is 7. The summed E-state index contributed by atoms with van der Waals surface area (Å²) in [6.45, 7) is 4.53. The van der Waals surface area contributed by atoms with E-state index in [9.17, 15) is 19.7 Å². The summed E-state index contributed by atoms with van der Waals surface area (Å²) < 4.78 is 6.02. The summed E-state index contributed by atoms with van der Waals surface area (Å²) in [6.07, 6.45) is 2.91. The quantitative estimate of drug-likeness (QED) is 0.383. The van der Waals surface area contributed by atoms with Crippen LogP contribution in [0.4, 0.5) is 11.4 Å². The van der Waals surface area contributed by atoms with Crippen molar-refractivity contribution >= 4 is 23.2 Å². The highest BCUT2D eigenvalue weighted by atomic mass is 16.6. The van der Waals surface area contributed by atoms with Crippen LogP contribution in [0.2, 0.25) is 0 Å². The van der Waals surface area contributed by atoms with Crippen LogP contribution >= 0.6 is 0 Å². The number of nitro groups is 1. The molecule has 3 fully saturated rings. The van der Waals surface area contributed by atoms with Crippen molar-refractivity contribution in [3.63, 3.8) is 0 Å². The van der Waals surface area contributed by atoms with Gasteiger partial charge in [0.25, 0.3) is 17.5 Å². The Balaban J connectivity index is 1.31. The smallest absolute Gasteiger partial charge is 0.293 e. The third-order valence-corrected chi connectivity index (χ3v) is 7.54. The molecule has 9 nitrogen and oxygen atoms in total. The van der Waals surface area contributed by atoms with Crippen LogP contribution in [0.25, 0.3) is 0 Å². The van der Waals surface area contributed by atoms with Gasteiger partial charge in [0.2, 0.25) is 0 Å². The Morgan fingerprint density at radius 1 is 0.941 bits per heavy atom. The number of amides is 2. The molecular formula is C25H26N4O5. The lowest BCUT2D eigenvalue weighted by atomic mass is 10.0. The Hall–Kier alpha value is -3.46. The van der Waals surface area contributed by atoms with Crippen LogP contribution in [0.3, 0.4) is 0 Å². The van der Waals surface area contributed by atoms with Crippen LogP contribution < -0.4 is 9.64 Å². The van der Waals surface area contributed by atoms with Crippen molar-refractivity contribution in [2.75, 3.05) is 31.1 Å². The van der Waals surface area contributed by atoms with E-state index >= 15 is 0 Å². The van der Waals surface area contributed by atoms with Crippen LogP contribution in [-0.4, -0.2) is 70.9 Å². The molecule has 2 aromatic carbocycles. The second-order valence-corrected chi connectivity index (χ2v) is 9.56. The van der Waals surface area contributed by atoms with E-state index in [-0.39, 0.29) is 40.6 Å². The van der Waals surface area contributed by atoms with Gasteiger partial charge in [0, 0.05) is 43.9 Å². The van der Waals surface area contributed by atoms with E-state index < -0.39 is 0 Å². The Bertz CT molecular complexity index is 1170. The molecule has 4 aliphatic rings. The number of benzene rings is 2. The Morgan fingerprint density at radius 2 is 1.65 bits per heavy atom. The molecule has 0 aromatic heterocycles. The normalized spacial score (nSPS) is 24.4. The second kappa shape index (κ2) is 7.80. The predicted molar refractivity (Wildman–Crippen MR) is 124 cm³/mol. The molecule has 1 saturated carbocycles. The summed E-state index contributed by atoms with van der Waals surface area (Å²) in [4.78, 5) is 43.6. The molecule has 6 rings (SSSR count). The standard InChI is InChI=1S/C25H26N4O5/c1-15-22(34-16-6-7-16)9-8-20(29(32)33)23(15)27-13-12-26-11-10-19(21(26)14-27)28-24(30)17-4-2-3-5-18(17)25(28)31/h2-5,8-9,16,19,21H,6-7,10-14H2,1H3/t19-,21+/m1/s1. The molecule has 3 heterocycles. The molecule has 0 N–H and O–H groups in total. The summed E-state index contributed by atoms with van der Waals surface area (Å²) in [5.74, 6) is 0.201. The van der Waals surface area contributed by atoms with Gasteiger partial charge in [0.1, 0.15) is 11.4 Å². The van der Waals surface area contributed by atoms with E-state index in [0.29, 0.717) is 48.6 Å². The highest BCUT2D eigenvalue weighted by Crippen LogP contribution is 2.42. The van der Waals surface area contributed by atoms with E-state index in [1.807, 2.05) is 11.8 Å². The van der Waals surface area contributed by atoms with Gasteiger partial charge >= 0.3 is 0 Å². The van der Waals surface area contributed by atoms with Crippen molar-refractivity contribution < 1.29 is 19.2 Å². The van der Waals surface area contributed by atoms with E-state index in [2.05, 4.69) is 4.90 Å². The van der Waals surface area contributed by atoms with Crippen molar-refractivity contribution in [1.82, 2.24) is 9.80 Å². The fourth-order valence-electron chi connectivity index (χ4n) is 5.70. The average Bonchev–Trinajstić information content (AvgIpc) is 3.51. The van der Waals surface area contributed by atoms with Crippen molar-refractivity contribution in [3.8, 4) is 5.75 Å². The molecular weight excluding hydrogens is 436 g/mol. The van der Waals surface area contributed by atoms with Gasteiger partial charge in [-0.1, -0.05) is 12.1 Å². The summed E-state index contributed by atoms with van der Waals surface area (Å²) in [6, 6.07) is 9.83. The van der Waals surface area contributed by atoms with E-state index in [1.54, 1.807) is 30.3 Å². The molecule has 0 spiro atoms. The van der Waals surface area contributed by atoms with Crippen LogP contribution in [0.1, 0.15) is 45.5 Å². The fraction of sp³-hybridized carbons (Fsp3) is 0.440. The van der Waals surface area contributed by atoms with Crippen molar-refractivity contribution in [1.29, 1.82) is 0 Å². The zero-order valence-corrected chi connectivity index (χ0v) is 19.0. The third-order valence-electron chi connectivity index (χ3n) is 7.54. The van der Waals surface area contributed by atoms with E-state index in [0.717, 1.165) is 24.9 Å². The lowest BCUT2D eigenvalue weighted by molar-refractivity contribution is -0.384. The molecule has 3 aliphatic heterocycles. The average molecular weight is 463 g/mol. The zero-order valence-electron chi connectivity index (χ0n) is 19.0. The Labute approximate surface area is 197 Å². The molecule has 2 aromatic rings. The molecule has 2 amide bonds. The molecule has 9 heteroatoms. The lowest BCUT2D eigenvalue weighted by Crippen LogP contribution is -2.57. The van der Waals surface area contributed by atoms with Crippen LogP contribution in [0.5, 0.6) is 5.75 Å². The second-order valence-electron chi connectivity index (χ2n) is 9.56. The molecule has 0 radical (unpaired) electrons. The number of nitro benzene ring substituents is 1. The third kappa shape index (κ3) is 3.26. The maximum absolute atomic E-state index is 13.1. The highest BCUT2D eigenvalue weighted by molar-refractivity contribution is 6.21. The first-order valence-electron chi connectivity index (χ1n) is 11.8. The highest BCUT2D eigenvalue weighted by Gasteiger charge is 2.48. The van der Waals surface area contributed by atoms with Gasteiger partial charge in [0.05, 0.1) is 28.2 Å².